The first kappa shape index (κ1) is 11.8. The number of aromatic nitrogens is 2. The van der Waals surface area contributed by atoms with Crippen molar-refractivity contribution < 1.29 is 4.39 Å². The van der Waals surface area contributed by atoms with Gasteiger partial charge in [0, 0.05) is 16.7 Å². The minimum atomic E-state index is -0.516. The fourth-order valence-electron chi connectivity index (χ4n) is 1.49. The van der Waals surface area contributed by atoms with E-state index in [2.05, 4.69) is 20.9 Å². The van der Waals surface area contributed by atoms with Crippen LogP contribution in [0, 0.1) is 5.82 Å². The average Bonchev–Trinajstić information content (AvgIpc) is 2.22. The van der Waals surface area contributed by atoms with E-state index >= 15 is 0 Å². The Labute approximate surface area is 104 Å². The van der Waals surface area contributed by atoms with Gasteiger partial charge in [0.05, 0.1) is 6.54 Å². The van der Waals surface area contributed by atoms with Crippen molar-refractivity contribution in [2.45, 2.75) is 6.54 Å². The van der Waals surface area contributed by atoms with Crippen molar-refractivity contribution in [1.29, 1.82) is 0 Å². The van der Waals surface area contributed by atoms with Crippen molar-refractivity contribution in [3.8, 4) is 0 Å². The zero-order chi connectivity index (χ0) is 12.4. The fourth-order valence-corrected chi connectivity index (χ4v) is 2.00. The van der Waals surface area contributed by atoms with Crippen LogP contribution in [0.5, 0.6) is 0 Å². The molecule has 2 aromatic rings. The normalized spacial score (nSPS) is 10.5. The lowest BCUT2D eigenvalue weighted by atomic mass is 10.2. The van der Waals surface area contributed by atoms with E-state index in [1.54, 1.807) is 6.07 Å². The molecule has 0 saturated heterocycles. The minimum absolute atomic E-state index is 0.0331. The van der Waals surface area contributed by atoms with E-state index < -0.39 is 17.1 Å². The van der Waals surface area contributed by atoms with Crippen LogP contribution in [0.25, 0.3) is 0 Å². The summed E-state index contributed by atoms with van der Waals surface area (Å²) in [6, 6.07) is 5.49. The van der Waals surface area contributed by atoms with Gasteiger partial charge >= 0.3 is 5.69 Å². The molecule has 2 rings (SSSR count). The third kappa shape index (κ3) is 2.71. The second kappa shape index (κ2) is 4.67. The molecule has 0 spiro atoms. The Morgan fingerprint density at radius 3 is 2.71 bits per heavy atom. The van der Waals surface area contributed by atoms with Gasteiger partial charge in [-0.15, -0.1) is 0 Å². The SMILES string of the molecule is O=c1cc[nH]c(=O)n1Cc1cc(F)cc(Br)c1. The molecule has 1 N–H and O–H groups in total. The number of benzene rings is 1. The molecule has 0 saturated carbocycles. The van der Waals surface area contributed by atoms with Gasteiger partial charge < -0.3 is 4.98 Å². The van der Waals surface area contributed by atoms with Gasteiger partial charge in [0.15, 0.2) is 0 Å². The van der Waals surface area contributed by atoms with Gasteiger partial charge in [0.25, 0.3) is 5.56 Å². The van der Waals surface area contributed by atoms with Crippen molar-refractivity contribution in [3.63, 3.8) is 0 Å². The fraction of sp³-hybridized carbons (Fsp3) is 0.0909. The maximum absolute atomic E-state index is 13.1. The van der Waals surface area contributed by atoms with Crippen LogP contribution in [0.1, 0.15) is 5.56 Å². The van der Waals surface area contributed by atoms with Crippen molar-refractivity contribution in [2.75, 3.05) is 0 Å². The Morgan fingerprint density at radius 2 is 2.06 bits per heavy atom. The number of H-pyrrole nitrogens is 1. The Morgan fingerprint density at radius 1 is 1.29 bits per heavy atom. The summed E-state index contributed by atoms with van der Waals surface area (Å²) in [4.78, 5) is 25.3. The predicted octanol–water partition coefficient (Wildman–Crippen LogP) is 1.49. The summed E-state index contributed by atoms with van der Waals surface area (Å²) in [5.41, 5.74) is -0.400. The van der Waals surface area contributed by atoms with Gasteiger partial charge in [0.2, 0.25) is 0 Å². The smallest absolute Gasteiger partial charge is 0.314 e. The van der Waals surface area contributed by atoms with E-state index in [0.29, 0.717) is 10.0 Å². The first-order valence-electron chi connectivity index (χ1n) is 4.80. The van der Waals surface area contributed by atoms with Crippen molar-refractivity contribution in [1.82, 2.24) is 9.55 Å². The second-order valence-corrected chi connectivity index (χ2v) is 4.40. The monoisotopic (exact) mass is 298 g/mol. The summed E-state index contributed by atoms with van der Waals surface area (Å²) in [5.74, 6) is -0.421. The van der Waals surface area contributed by atoms with Gasteiger partial charge in [0.1, 0.15) is 5.82 Å². The first-order valence-corrected chi connectivity index (χ1v) is 5.59. The van der Waals surface area contributed by atoms with E-state index in [0.717, 1.165) is 4.57 Å². The number of nitrogens with one attached hydrogen (secondary N) is 1. The first-order chi connectivity index (χ1) is 8.06. The van der Waals surface area contributed by atoms with Gasteiger partial charge in [-0.1, -0.05) is 15.9 Å². The highest BCUT2D eigenvalue weighted by Crippen LogP contribution is 2.14. The summed E-state index contributed by atoms with van der Waals surface area (Å²) in [6.45, 7) is 0.0331. The van der Waals surface area contributed by atoms with Crippen LogP contribution in [-0.2, 0) is 6.54 Å². The lowest BCUT2D eigenvalue weighted by Crippen LogP contribution is -2.34. The van der Waals surface area contributed by atoms with Crippen LogP contribution in [0.2, 0.25) is 0 Å². The lowest BCUT2D eigenvalue weighted by Gasteiger charge is -2.04. The Hall–Kier alpha value is -1.69. The molecule has 0 atom stereocenters. The van der Waals surface area contributed by atoms with E-state index in [4.69, 9.17) is 0 Å². The van der Waals surface area contributed by atoms with Crippen molar-refractivity contribution in [2.24, 2.45) is 0 Å². The molecule has 0 aliphatic carbocycles. The highest BCUT2D eigenvalue weighted by molar-refractivity contribution is 9.10. The van der Waals surface area contributed by atoms with E-state index in [-0.39, 0.29) is 6.54 Å². The molecule has 0 bridgehead atoms. The molecule has 4 nitrogen and oxygen atoms in total. The third-order valence-corrected chi connectivity index (χ3v) is 2.66. The molecule has 6 heteroatoms. The quantitative estimate of drug-likeness (QED) is 0.913. The van der Waals surface area contributed by atoms with Crippen LogP contribution in [-0.4, -0.2) is 9.55 Å². The Balaban J connectivity index is 2.45. The van der Waals surface area contributed by atoms with Gasteiger partial charge in [-0.25, -0.2) is 9.18 Å². The van der Waals surface area contributed by atoms with Crippen LogP contribution in [0.4, 0.5) is 4.39 Å². The number of aromatic amines is 1. The topological polar surface area (TPSA) is 54.9 Å². The molecule has 0 radical (unpaired) electrons. The Kier molecular flexibility index (Phi) is 3.23. The maximum atomic E-state index is 13.1. The predicted molar refractivity (Wildman–Crippen MR) is 64.5 cm³/mol. The number of hydrogen-bond donors (Lipinski definition) is 1. The summed E-state index contributed by atoms with van der Waals surface area (Å²) >= 11 is 3.15. The zero-order valence-corrected chi connectivity index (χ0v) is 10.2. The molecule has 0 amide bonds. The van der Waals surface area contributed by atoms with Gasteiger partial charge in [-0.05, 0) is 23.8 Å². The number of nitrogens with zero attached hydrogens (tertiary/aromatic N) is 1. The molecule has 0 aliphatic rings. The van der Waals surface area contributed by atoms with Crippen LogP contribution >= 0.6 is 15.9 Å². The molecular formula is C11H8BrFN2O2. The summed E-state index contributed by atoms with van der Waals surface area (Å²) < 4.78 is 14.7. The lowest BCUT2D eigenvalue weighted by molar-refractivity contribution is 0.619. The zero-order valence-electron chi connectivity index (χ0n) is 8.61. The van der Waals surface area contributed by atoms with Crippen molar-refractivity contribution in [3.05, 3.63) is 67.2 Å². The molecule has 0 aliphatic heterocycles. The molecule has 1 heterocycles. The average molecular weight is 299 g/mol. The minimum Gasteiger partial charge on any atom is -0.314 e. The van der Waals surface area contributed by atoms with E-state index in [9.17, 15) is 14.0 Å². The summed E-state index contributed by atoms with van der Waals surface area (Å²) in [6.07, 6.45) is 1.28. The van der Waals surface area contributed by atoms with Crippen LogP contribution in [0.3, 0.4) is 0 Å². The summed E-state index contributed by atoms with van der Waals surface area (Å²) in [5, 5.41) is 0. The highest BCUT2D eigenvalue weighted by atomic mass is 79.9. The molecule has 1 aromatic heterocycles. The number of hydrogen-bond acceptors (Lipinski definition) is 2. The second-order valence-electron chi connectivity index (χ2n) is 3.48. The molecule has 88 valence electrons. The van der Waals surface area contributed by atoms with Crippen LogP contribution < -0.4 is 11.2 Å². The highest BCUT2D eigenvalue weighted by Gasteiger charge is 2.04. The number of rotatable bonds is 2. The molecular weight excluding hydrogens is 291 g/mol. The maximum Gasteiger partial charge on any atom is 0.328 e. The number of halogens is 2. The van der Waals surface area contributed by atoms with Crippen molar-refractivity contribution >= 4 is 15.9 Å². The third-order valence-electron chi connectivity index (χ3n) is 2.21. The Bertz CT molecular complexity index is 615. The van der Waals surface area contributed by atoms with Gasteiger partial charge in [-0.3, -0.25) is 9.36 Å². The standard InChI is InChI=1S/C11H8BrFN2O2/c12-8-3-7(4-9(13)5-8)6-15-10(16)1-2-14-11(15)17/h1-5H,6H2,(H,14,17). The molecule has 1 aromatic carbocycles. The van der Waals surface area contributed by atoms with E-state index in [1.165, 1.54) is 24.4 Å². The molecule has 0 fully saturated rings. The summed E-state index contributed by atoms with van der Waals surface area (Å²) in [7, 11) is 0. The van der Waals surface area contributed by atoms with E-state index in [1.807, 2.05) is 0 Å². The van der Waals surface area contributed by atoms with Gasteiger partial charge in [-0.2, -0.15) is 0 Å². The molecule has 17 heavy (non-hydrogen) atoms. The molecule has 0 unspecified atom stereocenters. The van der Waals surface area contributed by atoms with Crippen LogP contribution in [0.15, 0.2) is 44.5 Å². The largest absolute Gasteiger partial charge is 0.328 e.